The van der Waals surface area contributed by atoms with Crippen LogP contribution < -0.4 is 0 Å². The van der Waals surface area contributed by atoms with Gasteiger partial charge in [-0.2, -0.15) is 0 Å². The molecule has 0 aliphatic heterocycles. The third kappa shape index (κ3) is 10.7. The Morgan fingerprint density at radius 1 is 1.07 bits per heavy atom. The van der Waals surface area contributed by atoms with E-state index in [9.17, 15) is 4.79 Å². The van der Waals surface area contributed by atoms with Gasteiger partial charge in [0.15, 0.2) is 6.29 Å². The van der Waals surface area contributed by atoms with E-state index in [0.717, 1.165) is 0 Å². The second-order valence-electron chi connectivity index (χ2n) is 2.36. The van der Waals surface area contributed by atoms with Gasteiger partial charge >= 0.3 is 112 Å². The molecule has 0 rings (SSSR count). The summed E-state index contributed by atoms with van der Waals surface area (Å²) in [5.41, 5.74) is 0. The minimum atomic E-state index is -1.79. The van der Waals surface area contributed by atoms with Gasteiger partial charge in [-0.25, -0.2) is 0 Å². The molecule has 6 nitrogen and oxygen atoms in total. The van der Waals surface area contributed by atoms with Gasteiger partial charge in [0.2, 0.25) is 0 Å². The maximum absolute atomic E-state index is 9.90. The van der Waals surface area contributed by atoms with Gasteiger partial charge in [-0.1, -0.05) is 0 Å². The Bertz CT molecular complexity index is 154. The Kier molecular flexibility index (Phi) is 27.0. The van der Waals surface area contributed by atoms with Gasteiger partial charge in [-0.15, -0.1) is 0 Å². The van der Waals surface area contributed by atoms with Crippen LogP contribution in [-0.4, -0.2) is 175 Å². The van der Waals surface area contributed by atoms with Gasteiger partial charge in [-0.05, 0) is 0 Å². The molecule has 9 heteroatoms. The van der Waals surface area contributed by atoms with Crippen molar-refractivity contribution in [1.29, 1.82) is 0 Å². The van der Waals surface area contributed by atoms with Crippen molar-refractivity contribution in [3.8, 4) is 0 Å². The van der Waals surface area contributed by atoms with Crippen molar-refractivity contribution in [2.75, 3.05) is 6.61 Å². The molecule has 0 aromatic rings. The molecule has 0 unspecified atom stereocenters. The van der Waals surface area contributed by atoms with E-state index in [0.29, 0.717) is 0 Å². The summed E-state index contributed by atoms with van der Waals surface area (Å²) in [6, 6.07) is 0. The quantitative estimate of drug-likeness (QED) is 0.254. The minimum absolute atomic E-state index is 0. The Morgan fingerprint density at radius 3 is 1.73 bits per heavy atom. The van der Waals surface area contributed by atoms with Gasteiger partial charge < -0.3 is 30.3 Å². The summed E-state index contributed by atoms with van der Waals surface area (Å²) >= 11 is 0. The van der Waals surface area contributed by atoms with Crippen LogP contribution in [0.2, 0.25) is 0 Å². The largest absolute Gasteiger partial charge is 0.316 e. The third-order valence-electron chi connectivity index (χ3n) is 1.42. The van der Waals surface area contributed by atoms with Crippen molar-refractivity contribution in [2.45, 2.75) is 24.4 Å². The first-order valence-corrected chi connectivity index (χ1v) is 3.33. The van der Waals surface area contributed by atoms with Gasteiger partial charge in [0.1, 0.15) is 24.4 Å². The summed E-state index contributed by atoms with van der Waals surface area (Å²) in [5, 5.41) is 43.5. The molecule has 0 aromatic carbocycles. The minimum Gasteiger partial charge on any atom is 0.316 e. The summed E-state index contributed by atoms with van der Waals surface area (Å²) < 4.78 is 0. The predicted molar refractivity (Wildman–Crippen MR) is 61.4 cm³/mol. The average Bonchev–Trinajstić information content (AvgIpc) is 2.12. The van der Waals surface area contributed by atoms with E-state index in [1.807, 2.05) is 0 Å². The number of hydrogen-bond acceptors (Lipinski definition) is 6. The molecule has 0 amide bonds. The van der Waals surface area contributed by atoms with E-state index < -0.39 is 31.0 Å². The van der Waals surface area contributed by atoms with E-state index in [2.05, 4.69) is 0 Å². The summed E-state index contributed by atoms with van der Waals surface area (Å²) in [6.07, 6.45) is -6.84. The molecule has 5 N–H and O–H groups in total. The number of aliphatic hydroxyl groups excluding tert-OH is 5. The zero-order chi connectivity index (χ0) is 9.72. The van der Waals surface area contributed by atoms with Crippen LogP contribution in [0.1, 0.15) is 0 Å². The molecule has 0 bridgehead atoms. The number of hydrogen-bond donors (Lipinski definition) is 5. The fourth-order valence-corrected chi connectivity index (χ4v) is 0.618. The van der Waals surface area contributed by atoms with Crippen molar-refractivity contribution in [1.82, 2.24) is 0 Å². The van der Waals surface area contributed by atoms with Crippen LogP contribution in [0.25, 0.3) is 0 Å². The summed E-state index contributed by atoms with van der Waals surface area (Å²) in [5.74, 6) is 0. The SMILES string of the molecule is O=C[C@H](O)[C@@H](O)[C@H](O)[C@H](O)CO.[CaH2].[KH].[MgH2]. The molecule has 0 fully saturated rings. The Balaban J connectivity index is -0.000000202. The van der Waals surface area contributed by atoms with Crippen LogP contribution in [0, 0.1) is 0 Å². The molecule has 0 saturated carbocycles. The van der Waals surface area contributed by atoms with Gasteiger partial charge in [0.25, 0.3) is 0 Å². The second kappa shape index (κ2) is 15.2. The van der Waals surface area contributed by atoms with E-state index in [1.165, 1.54) is 0 Å². The molecule has 0 saturated heterocycles. The van der Waals surface area contributed by atoms with Crippen molar-refractivity contribution in [3.63, 3.8) is 0 Å². The summed E-state index contributed by atoms with van der Waals surface area (Å²) in [4.78, 5) is 9.90. The van der Waals surface area contributed by atoms with Crippen molar-refractivity contribution in [3.05, 3.63) is 0 Å². The zero-order valence-corrected chi connectivity index (χ0v) is 6.24. The smallest absolute Gasteiger partial charge is 0.316 e. The van der Waals surface area contributed by atoms with Gasteiger partial charge in [0.05, 0.1) is 6.61 Å². The molecule has 0 radical (unpaired) electrons. The molecule has 82 valence electrons. The Morgan fingerprint density at radius 2 is 1.47 bits per heavy atom. The first kappa shape index (κ1) is 26.6. The van der Waals surface area contributed by atoms with E-state index in [4.69, 9.17) is 25.5 Å². The van der Waals surface area contributed by atoms with Crippen LogP contribution in [0.15, 0.2) is 0 Å². The number of aliphatic hydroxyl groups is 5. The van der Waals surface area contributed by atoms with Gasteiger partial charge in [-0.3, -0.25) is 0 Å². The molecule has 0 heterocycles. The summed E-state index contributed by atoms with van der Waals surface area (Å²) in [7, 11) is 0. The van der Waals surface area contributed by atoms with Crippen molar-refractivity contribution < 1.29 is 30.3 Å². The van der Waals surface area contributed by atoms with Gasteiger partial charge in [0, 0.05) is 0 Å². The maximum atomic E-state index is 9.90. The molecule has 0 aliphatic rings. The fraction of sp³-hybridized carbons (Fsp3) is 0.833. The summed E-state index contributed by atoms with van der Waals surface area (Å²) in [6.45, 7) is -0.760. The number of carbonyl (C=O) groups excluding carboxylic acids is 1. The number of rotatable bonds is 5. The van der Waals surface area contributed by atoms with Crippen LogP contribution >= 0.6 is 0 Å². The molecular formula is C6H17CaKMgO6. The molecular weight excluding hydrogens is 272 g/mol. The monoisotopic (exact) mass is 288 g/mol. The maximum Gasteiger partial charge on any atom is 0.316 e. The predicted octanol–water partition coefficient (Wildman–Crippen LogP) is -5.86. The Hall–Kier alpha value is 3.13. The molecule has 0 spiro atoms. The first-order valence-electron chi connectivity index (χ1n) is 3.33. The average molecular weight is 289 g/mol. The molecule has 0 aliphatic carbocycles. The molecule has 0 aromatic heterocycles. The topological polar surface area (TPSA) is 118 Å². The van der Waals surface area contributed by atoms with Crippen molar-refractivity contribution in [2.24, 2.45) is 0 Å². The second-order valence-corrected chi connectivity index (χ2v) is 2.36. The van der Waals surface area contributed by atoms with Crippen LogP contribution in [0.4, 0.5) is 0 Å². The zero-order valence-electron chi connectivity index (χ0n) is 6.24. The van der Waals surface area contributed by atoms with E-state index in [-0.39, 0.29) is 118 Å². The first-order chi connectivity index (χ1) is 5.54. The normalized spacial score (nSPS) is 16.9. The van der Waals surface area contributed by atoms with E-state index >= 15 is 0 Å². The van der Waals surface area contributed by atoms with Crippen molar-refractivity contribution >= 4 is 118 Å². The van der Waals surface area contributed by atoms with E-state index in [1.54, 1.807) is 0 Å². The van der Waals surface area contributed by atoms with Crippen LogP contribution in [-0.2, 0) is 4.79 Å². The third-order valence-corrected chi connectivity index (χ3v) is 1.42. The van der Waals surface area contributed by atoms with Crippen LogP contribution in [0.5, 0.6) is 0 Å². The number of carbonyl (C=O) groups is 1. The fourth-order valence-electron chi connectivity index (χ4n) is 0.618. The molecule has 4 atom stereocenters. The van der Waals surface area contributed by atoms with Crippen LogP contribution in [0.3, 0.4) is 0 Å². The Labute approximate surface area is 176 Å². The molecule has 15 heavy (non-hydrogen) atoms. The standard InChI is InChI=1S/C6H12O6.Ca.K.Mg.5H/c7-1-3(9)5(11)6(12)4(10)2-8;;;;;;;;/h1,3-6,8-12H,2H2;;;;;;;;/t3-,4+,5+,6+;;;;;;;;/m0......../s1. The number of aldehydes is 1.